The normalized spacial score (nSPS) is 27.5. The van der Waals surface area contributed by atoms with Crippen molar-refractivity contribution in [3.05, 3.63) is 215 Å². The van der Waals surface area contributed by atoms with Gasteiger partial charge in [0.1, 0.15) is 48.8 Å². The van der Waals surface area contributed by atoms with Crippen molar-refractivity contribution in [3.63, 3.8) is 0 Å². The molecule has 3 aliphatic rings. The highest BCUT2D eigenvalue weighted by molar-refractivity contribution is 5.19. The number of benzene rings is 6. The van der Waals surface area contributed by atoms with Crippen molar-refractivity contribution in [2.75, 3.05) is 20.3 Å². The summed E-state index contributed by atoms with van der Waals surface area (Å²) in [5.74, 6) is 0. The van der Waals surface area contributed by atoms with E-state index in [1.165, 1.54) is 0 Å². The highest BCUT2D eigenvalue weighted by Gasteiger charge is 2.56. The van der Waals surface area contributed by atoms with Crippen molar-refractivity contribution in [3.8, 4) is 0 Å². The van der Waals surface area contributed by atoms with Crippen LogP contribution in [0.25, 0.3) is 0 Å². The summed E-state index contributed by atoms with van der Waals surface area (Å²) in [6.07, 6.45) is -8.22. The Morgan fingerprint density at radius 1 is 0.424 bits per heavy atom. The van der Waals surface area contributed by atoms with E-state index in [0.29, 0.717) is 13.2 Å². The maximum Gasteiger partial charge on any atom is 0.187 e. The van der Waals surface area contributed by atoms with Gasteiger partial charge in [0, 0.05) is 12.7 Å². The first-order valence-electron chi connectivity index (χ1n) is 22.7. The first-order chi connectivity index (χ1) is 32.7. The van der Waals surface area contributed by atoms with Crippen LogP contribution in [0, 0.1) is 0 Å². The molecular formula is C55H58O11. The van der Waals surface area contributed by atoms with Crippen molar-refractivity contribution in [1.29, 1.82) is 0 Å². The fourth-order valence-electron chi connectivity index (χ4n) is 8.62. The molecule has 11 atom stereocenters. The van der Waals surface area contributed by atoms with E-state index >= 15 is 0 Å². The topological polar surface area (TPSA) is 102 Å². The van der Waals surface area contributed by atoms with E-state index in [1.807, 2.05) is 182 Å². The molecule has 0 amide bonds. The van der Waals surface area contributed by atoms with Gasteiger partial charge in [-0.15, -0.1) is 0 Å². The van der Waals surface area contributed by atoms with Gasteiger partial charge in [0.2, 0.25) is 0 Å². The van der Waals surface area contributed by atoms with Crippen LogP contribution in [0.2, 0.25) is 0 Å². The SMILES string of the molecule is CO[C@H]1O[C@H](COCc2ccccc2)[C@@H](OC2O[C@@H]3COC(c4ccccc4)O[C@H]3[C@H](OCc3ccccc3)[C@@H]2OCc2ccccc2)[C@H](OCc2ccccc2)[C@H]1OCc1ccccc1. The monoisotopic (exact) mass is 894 g/mol. The quantitative estimate of drug-likeness (QED) is 0.0734. The Morgan fingerprint density at radius 2 is 0.848 bits per heavy atom. The van der Waals surface area contributed by atoms with E-state index < -0.39 is 67.7 Å². The zero-order chi connectivity index (χ0) is 44.8. The summed E-state index contributed by atoms with van der Waals surface area (Å²) < 4.78 is 74.6. The Morgan fingerprint density at radius 3 is 1.33 bits per heavy atom. The summed E-state index contributed by atoms with van der Waals surface area (Å²) in [5, 5.41) is 0. The Hall–Kier alpha value is -5.12. The first kappa shape index (κ1) is 46.0. The second-order valence-electron chi connectivity index (χ2n) is 16.6. The molecule has 0 spiro atoms. The second-order valence-corrected chi connectivity index (χ2v) is 16.6. The molecule has 0 aromatic heterocycles. The zero-order valence-electron chi connectivity index (χ0n) is 37.1. The molecule has 66 heavy (non-hydrogen) atoms. The molecule has 3 fully saturated rings. The molecule has 11 nitrogen and oxygen atoms in total. The fourth-order valence-corrected chi connectivity index (χ4v) is 8.62. The minimum absolute atomic E-state index is 0.142. The first-order valence-corrected chi connectivity index (χ1v) is 22.7. The van der Waals surface area contributed by atoms with Crippen LogP contribution in [0.1, 0.15) is 39.7 Å². The molecule has 11 heteroatoms. The molecule has 6 aromatic carbocycles. The highest BCUT2D eigenvalue weighted by atomic mass is 16.8. The number of methoxy groups -OCH3 is 1. The Labute approximate surface area is 387 Å². The van der Waals surface area contributed by atoms with Crippen LogP contribution in [0.15, 0.2) is 182 Å². The van der Waals surface area contributed by atoms with Crippen molar-refractivity contribution < 1.29 is 52.1 Å². The number of fused-ring (bicyclic) bond motifs is 1. The summed E-state index contributed by atoms with van der Waals surface area (Å²) in [7, 11) is 1.61. The third-order valence-electron chi connectivity index (χ3n) is 12.0. The Bertz CT molecular complexity index is 2280. The molecule has 6 aromatic rings. The molecule has 3 aliphatic heterocycles. The largest absolute Gasteiger partial charge is 0.374 e. The van der Waals surface area contributed by atoms with Crippen LogP contribution in [0.4, 0.5) is 0 Å². The molecule has 0 bridgehead atoms. The Kier molecular flexibility index (Phi) is 16.4. The predicted octanol–water partition coefficient (Wildman–Crippen LogP) is 9.14. The summed E-state index contributed by atoms with van der Waals surface area (Å²) >= 11 is 0. The van der Waals surface area contributed by atoms with E-state index in [1.54, 1.807) is 7.11 Å². The molecule has 0 saturated carbocycles. The van der Waals surface area contributed by atoms with Gasteiger partial charge in [0.15, 0.2) is 18.9 Å². The van der Waals surface area contributed by atoms with Gasteiger partial charge in [0.05, 0.1) is 46.2 Å². The third kappa shape index (κ3) is 12.1. The maximum atomic E-state index is 7.36. The number of hydrogen-bond donors (Lipinski definition) is 0. The molecular weight excluding hydrogens is 837 g/mol. The van der Waals surface area contributed by atoms with E-state index in [2.05, 4.69) is 0 Å². The van der Waals surface area contributed by atoms with E-state index in [0.717, 1.165) is 33.4 Å². The van der Waals surface area contributed by atoms with Crippen molar-refractivity contribution >= 4 is 0 Å². The third-order valence-corrected chi connectivity index (χ3v) is 12.0. The molecule has 0 N–H and O–H groups in total. The molecule has 0 radical (unpaired) electrons. The van der Waals surface area contributed by atoms with Crippen LogP contribution in [-0.4, -0.2) is 81.7 Å². The van der Waals surface area contributed by atoms with E-state index in [9.17, 15) is 0 Å². The minimum Gasteiger partial charge on any atom is -0.374 e. The molecule has 9 rings (SSSR count). The summed E-state index contributed by atoms with van der Waals surface area (Å²) in [4.78, 5) is 0. The van der Waals surface area contributed by atoms with Gasteiger partial charge in [-0.3, -0.25) is 0 Å². The molecule has 3 heterocycles. The second kappa shape index (κ2) is 23.6. The van der Waals surface area contributed by atoms with Gasteiger partial charge in [-0.25, -0.2) is 0 Å². The summed E-state index contributed by atoms with van der Waals surface area (Å²) in [6.45, 7) is 1.80. The summed E-state index contributed by atoms with van der Waals surface area (Å²) in [5.41, 5.74) is 5.86. The average molecular weight is 895 g/mol. The van der Waals surface area contributed by atoms with Gasteiger partial charge >= 0.3 is 0 Å². The van der Waals surface area contributed by atoms with Crippen LogP contribution in [-0.2, 0) is 85.1 Å². The average Bonchev–Trinajstić information content (AvgIpc) is 3.38. The molecule has 3 saturated heterocycles. The number of ether oxygens (including phenoxy) is 11. The van der Waals surface area contributed by atoms with Gasteiger partial charge in [-0.05, 0) is 27.8 Å². The molecule has 0 aliphatic carbocycles. The lowest BCUT2D eigenvalue weighted by atomic mass is 9.95. The fraction of sp³-hybridized carbons (Fsp3) is 0.345. The van der Waals surface area contributed by atoms with Gasteiger partial charge in [-0.2, -0.15) is 0 Å². The van der Waals surface area contributed by atoms with Crippen LogP contribution in [0.5, 0.6) is 0 Å². The number of hydrogen-bond acceptors (Lipinski definition) is 11. The van der Waals surface area contributed by atoms with Crippen molar-refractivity contribution in [2.24, 2.45) is 0 Å². The molecule has 2 unspecified atom stereocenters. The van der Waals surface area contributed by atoms with Crippen LogP contribution in [0.3, 0.4) is 0 Å². The lowest BCUT2D eigenvalue weighted by Gasteiger charge is -2.51. The lowest BCUT2D eigenvalue weighted by Crippen LogP contribution is -2.67. The number of rotatable bonds is 20. The molecule has 344 valence electrons. The van der Waals surface area contributed by atoms with Gasteiger partial charge in [0.25, 0.3) is 0 Å². The van der Waals surface area contributed by atoms with Crippen molar-refractivity contribution in [2.45, 2.75) is 101 Å². The maximum absolute atomic E-state index is 7.36. The smallest absolute Gasteiger partial charge is 0.187 e. The standard InChI is InChI=1S/C55H58O11/c1-56-54-51(60-35-42-26-14-5-15-27-42)49(58-33-40-22-10-3-11-23-40)47(45(63-54)37-57-32-39-20-8-2-9-21-39)66-55-52(61-36-43-28-16-6-17-29-43)50(59-34-41-24-12-4-13-25-41)48-46(64-55)38-62-53(65-48)44-30-18-7-19-31-44/h2-31,45-55H,32-38H2,1H3/t45-,46-,47-,48-,49+,50+,51-,52+,53?,54+,55?/m1/s1. The van der Waals surface area contributed by atoms with Crippen LogP contribution >= 0.6 is 0 Å². The van der Waals surface area contributed by atoms with Gasteiger partial charge in [-0.1, -0.05) is 182 Å². The lowest BCUT2D eigenvalue weighted by molar-refractivity contribution is -0.397. The van der Waals surface area contributed by atoms with E-state index in [4.69, 9.17) is 52.1 Å². The zero-order valence-corrected chi connectivity index (χ0v) is 37.1. The minimum atomic E-state index is -1.03. The summed E-state index contributed by atoms with van der Waals surface area (Å²) in [6, 6.07) is 60.0. The van der Waals surface area contributed by atoms with Crippen LogP contribution < -0.4 is 0 Å². The van der Waals surface area contributed by atoms with Crippen molar-refractivity contribution in [1.82, 2.24) is 0 Å². The highest BCUT2D eigenvalue weighted by Crippen LogP contribution is 2.40. The Balaban J connectivity index is 1.08. The van der Waals surface area contributed by atoms with Gasteiger partial charge < -0.3 is 52.1 Å². The van der Waals surface area contributed by atoms with E-state index in [-0.39, 0.29) is 33.0 Å². The predicted molar refractivity (Wildman–Crippen MR) is 245 cm³/mol.